The molecule has 6 heteroatoms. The van der Waals surface area contributed by atoms with Crippen LogP contribution in [0.2, 0.25) is 0 Å². The third-order valence-corrected chi connectivity index (χ3v) is 3.68. The standard InChI is InChI=1S/C9H6Br2N2OS/c1-14-7-4-5(10)2-3-6(7)8-12-13-9(11)15-8/h2-4H,1H3. The van der Waals surface area contributed by atoms with Crippen LogP contribution in [0.1, 0.15) is 0 Å². The number of ether oxygens (including phenoxy) is 1. The van der Waals surface area contributed by atoms with Crippen molar-refractivity contribution in [3.63, 3.8) is 0 Å². The molecule has 0 aliphatic heterocycles. The molecule has 0 radical (unpaired) electrons. The molecule has 0 spiro atoms. The molecule has 0 saturated carbocycles. The van der Waals surface area contributed by atoms with E-state index in [0.717, 1.165) is 24.7 Å². The molecule has 0 N–H and O–H groups in total. The second-order valence-corrected chi connectivity index (χ2v) is 5.87. The van der Waals surface area contributed by atoms with Crippen LogP contribution in [0.25, 0.3) is 10.6 Å². The van der Waals surface area contributed by atoms with Gasteiger partial charge in [0.25, 0.3) is 0 Å². The van der Waals surface area contributed by atoms with E-state index in [2.05, 4.69) is 42.1 Å². The molecule has 2 rings (SSSR count). The van der Waals surface area contributed by atoms with Gasteiger partial charge in [-0.05, 0) is 34.1 Å². The molecule has 0 aliphatic carbocycles. The Hall–Kier alpha value is -0.460. The normalized spacial score (nSPS) is 10.3. The molecule has 0 aliphatic rings. The van der Waals surface area contributed by atoms with Crippen molar-refractivity contribution in [1.29, 1.82) is 0 Å². The predicted octanol–water partition coefficient (Wildman–Crippen LogP) is 3.74. The topological polar surface area (TPSA) is 35.0 Å². The van der Waals surface area contributed by atoms with Crippen molar-refractivity contribution in [3.8, 4) is 16.3 Å². The number of hydrogen-bond donors (Lipinski definition) is 0. The molecule has 0 atom stereocenters. The van der Waals surface area contributed by atoms with Gasteiger partial charge in [-0.3, -0.25) is 0 Å². The SMILES string of the molecule is COc1cc(Br)ccc1-c1nnc(Br)s1. The number of hydrogen-bond acceptors (Lipinski definition) is 4. The molecule has 0 bridgehead atoms. The first kappa shape index (κ1) is 11.0. The lowest BCUT2D eigenvalue weighted by Crippen LogP contribution is -1.87. The minimum atomic E-state index is 0.766. The highest BCUT2D eigenvalue weighted by Gasteiger charge is 2.10. The Morgan fingerprint density at radius 1 is 1.27 bits per heavy atom. The van der Waals surface area contributed by atoms with Crippen LogP contribution in [0.15, 0.2) is 26.6 Å². The molecule has 3 nitrogen and oxygen atoms in total. The lowest BCUT2D eigenvalue weighted by molar-refractivity contribution is 0.416. The third-order valence-electron chi connectivity index (χ3n) is 1.79. The highest BCUT2D eigenvalue weighted by Crippen LogP contribution is 2.35. The summed E-state index contributed by atoms with van der Waals surface area (Å²) in [5.41, 5.74) is 0.948. The summed E-state index contributed by atoms with van der Waals surface area (Å²) in [6.45, 7) is 0. The Kier molecular flexibility index (Phi) is 3.38. The second kappa shape index (κ2) is 4.59. The molecule has 15 heavy (non-hydrogen) atoms. The monoisotopic (exact) mass is 348 g/mol. The summed E-state index contributed by atoms with van der Waals surface area (Å²) in [7, 11) is 1.64. The Morgan fingerprint density at radius 2 is 2.07 bits per heavy atom. The highest BCUT2D eigenvalue weighted by atomic mass is 79.9. The average molecular weight is 350 g/mol. The van der Waals surface area contributed by atoms with Gasteiger partial charge in [-0.2, -0.15) is 0 Å². The molecule has 1 aromatic carbocycles. The van der Waals surface area contributed by atoms with Crippen molar-refractivity contribution in [2.24, 2.45) is 0 Å². The van der Waals surface area contributed by atoms with Crippen LogP contribution in [0.3, 0.4) is 0 Å². The largest absolute Gasteiger partial charge is 0.496 e. The minimum absolute atomic E-state index is 0.766. The van der Waals surface area contributed by atoms with Crippen molar-refractivity contribution in [1.82, 2.24) is 10.2 Å². The lowest BCUT2D eigenvalue weighted by Gasteiger charge is -2.05. The van der Waals surface area contributed by atoms with E-state index in [1.54, 1.807) is 7.11 Å². The van der Waals surface area contributed by atoms with Crippen molar-refractivity contribution in [3.05, 3.63) is 26.6 Å². The molecule has 1 heterocycles. The number of methoxy groups -OCH3 is 1. The van der Waals surface area contributed by atoms with Gasteiger partial charge in [0.2, 0.25) is 0 Å². The lowest BCUT2D eigenvalue weighted by atomic mass is 10.2. The number of rotatable bonds is 2. The Bertz CT molecular complexity index is 487. The fourth-order valence-corrected chi connectivity index (χ4v) is 2.64. The maximum atomic E-state index is 5.28. The minimum Gasteiger partial charge on any atom is -0.496 e. The molecule has 78 valence electrons. The molecule has 0 unspecified atom stereocenters. The summed E-state index contributed by atoms with van der Waals surface area (Å²) in [5, 5.41) is 8.80. The van der Waals surface area contributed by atoms with Crippen molar-refractivity contribution in [2.75, 3.05) is 7.11 Å². The van der Waals surface area contributed by atoms with Crippen LogP contribution in [0, 0.1) is 0 Å². The van der Waals surface area contributed by atoms with E-state index >= 15 is 0 Å². The van der Waals surface area contributed by atoms with E-state index in [0.29, 0.717) is 0 Å². The van der Waals surface area contributed by atoms with Gasteiger partial charge >= 0.3 is 0 Å². The van der Waals surface area contributed by atoms with Crippen molar-refractivity contribution < 1.29 is 4.74 Å². The first-order valence-corrected chi connectivity index (χ1v) is 6.44. The summed E-state index contributed by atoms with van der Waals surface area (Å²) in [4.78, 5) is 0. The highest BCUT2D eigenvalue weighted by molar-refractivity contribution is 9.11. The van der Waals surface area contributed by atoms with Crippen LogP contribution in [-0.4, -0.2) is 17.3 Å². The van der Waals surface area contributed by atoms with Crippen LogP contribution in [0.4, 0.5) is 0 Å². The fourth-order valence-electron chi connectivity index (χ4n) is 1.16. The third kappa shape index (κ3) is 2.38. The number of benzene rings is 1. The molecule has 0 saturated heterocycles. The van der Waals surface area contributed by atoms with Gasteiger partial charge in [-0.15, -0.1) is 10.2 Å². The van der Waals surface area contributed by atoms with Gasteiger partial charge in [-0.1, -0.05) is 27.3 Å². The summed E-state index contributed by atoms with van der Waals surface area (Å²) in [5.74, 6) is 0.785. The van der Waals surface area contributed by atoms with Crippen LogP contribution in [-0.2, 0) is 0 Å². The van der Waals surface area contributed by atoms with Gasteiger partial charge in [0.05, 0.1) is 12.7 Å². The van der Waals surface area contributed by atoms with Crippen LogP contribution in [0.5, 0.6) is 5.75 Å². The van der Waals surface area contributed by atoms with Gasteiger partial charge in [-0.25, -0.2) is 0 Å². The first-order chi connectivity index (χ1) is 7.20. The zero-order chi connectivity index (χ0) is 10.8. The van der Waals surface area contributed by atoms with Gasteiger partial charge in [0.1, 0.15) is 5.75 Å². The molecule has 1 aromatic heterocycles. The fraction of sp³-hybridized carbons (Fsp3) is 0.111. The van der Waals surface area contributed by atoms with Gasteiger partial charge in [0, 0.05) is 4.47 Å². The maximum absolute atomic E-state index is 5.28. The smallest absolute Gasteiger partial charge is 0.183 e. The number of aromatic nitrogens is 2. The second-order valence-electron chi connectivity index (χ2n) is 2.70. The predicted molar refractivity (Wildman–Crippen MR) is 67.3 cm³/mol. The summed E-state index contributed by atoms with van der Waals surface area (Å²) < 4.78 is 7.03. The Morgan fingerprint density at radius 3 is 2.67 bits per heavy atom. The molecule has 2 aromatic rings. The Balaban J connectivity index is 2.52. The number of nitrogens with zero attached hydrogens (tertiary/aromatic N) is 2. The van der Waals surface area contributed by atoms with Crippen molar-refractivity contribution in [2.45, 2.75) is 0 Å². The zero-order valence-electron chi connectivity index (χ0n) is 7.70. The first-order valence-electron chi connectivity index (χ1n) is 4.03. The summed E-state index contributed by atoms with van der Waals surface area (Å²) >= 11 is 8.15. The molecular weight excluding hydrogens is 344 g/mol. The van der Waals surface area contributed by atoms with E-state index in [9.17, 15) is 0 Å². The van der Waals surface area contributed by atoms with E-state index in [4.69, 9.17) is 4.74 Å². The van der Waals surface area contributed by atoms with Crippen LogP contribution < -0.4 is 4.74 Å². The molecule has 0 amide bonds. The van der Waals surface area contributed by atoms with Crippen molar-refractivity contribution >= 4 is 43.2 Å². The zero-order valence-corrected chi connectivity index (χ0v) is 11.7. The average Bonchev–Trinajstić information content (AvgIpc) is 2.64. The van der Waals surface area contributed by atoms with E-state index in [1.807, 2.05) is 18.2 Å². The van der Waals surface area contributed by atoms with Gasteiger partial charge in [0.15, 0.2) is 8.92 Å². The Labute approximate surface area is 108 Å². The molecule has 0 fully saturated rings. The summed E-state index contributed by atoms with van der Waals surface area (Å²) in [6, 6.07) is 5.81. The van der Waals surface area contributed by atoms with Gasteiger partial charge < -0.3 is 4.74 Å². The summed E-state index contributed by atoms with van der Waals surface area (Å²) in [6.07, 6.45) is 0. The van der Waals surface area contributed by atoms with E-state index in [-0.39, 0.29) is 0 Å². The van der Waals surface area contributed by atoms with Crippen LogP contribution >= 0.6 is 43.2 Å². The van der Waals surface area contributed by atoms with E-state index in [1.165, 1.54) is 11.3 Å². The van der Waals surface area contributed by atoms with E-state index < -0.39 is 0 Å². The maximum Gasteiger partial charge on any atom is 0.183 e. The number of halogens is 2. The molecular formula is C9H6Br2N2OS. The quantitative estimate of drug-likeness (QED) is 0.828.